The van der Waals surface area contributed by atoms with E-state index in [1.807, 2.05) is 31.3 Å². The highest BCUT2D eigenvalue weighted by Gasteiger charge is 2.36. The summed E-state index contributed by atoms with van der Waals surface area (Å²) in [5.41, 5.74) is 4.21. The van der Waals surface area contributed by atoms with Crippen molar-refractivity contribution < 1.29 is 4.39 Å². The first-order chi connectivity index (χ1) is 10.7. The summed E-state index contributed by atoms with van der Waals surface area (Å²) in [6, 6.07) is 7.41. The second kappa shape index (κ2) is 4.90. The van der Waals surface area contributed by atoms with Crippen molar-refractivity contribution >= 4 is 10.9 Å². The van der Waals surface area contributed by atoms with Crippen molar-refractivity contribution in [3.8, 4) is 0 Å². The molecule has 2 aromatic heterocycles. The van der Waals surface area contributed by atoms with Crippen LogP contribution in [0.2, 0.25) is 0 Å². The van der Waals surface area contributed by atoms with Gasteiger partial charge < -0.3 is 4.57 Å². The van der Waals surface area contributed by atoms with E-state index in [0.29, 0.717) is 11.3 Å². The van der Waals surface area contributed by atoms with Gasteiger partial charge in [-0.3, -0.25) is 0 Å². The third kappa shape index (κ3) is 2.02. The first-order valence-corrected chi connectivity index (χ1v) is 7.70. The Morgan fingerprint density at radius 2 is 1.95 bits per heavy atom. The summed E-state index contributed by atoms with van der Waals surface area (Å²) in [5, 5.41) is 9.15. The summed E-state index contributed by atoms with van der Waals surface area (Å²) >= 11 is 0. The SMILES string of the molecule is Cc1ccnnc1C(C1CC1)n1ccc2c(F)ccc(C)c21. The van der Waals surface area contributed by atoms with Crippen LogP contribution in [0, 0.1) is 25.6 Å². The quantitative estimate of drug-likeness (QED) is 0.725. The summed E-state index contributed by atoms with van der Waals surface area (Å²) < 4.78 is 16.3. The zero-order valence-corrected chi connectivity index (χ0v) is 12.8. The van der Waals surface area contributed by atoms with E-state index in [0.717, 1.165) is 22.3 Å². The maximum absolute atomic E-state index is 14.1. The lowest BCUT2D eigenvalue weighted by molar-refractivity contribution is 0.512. The van der Waals surface area contributed by atoms with E-state index in [-0.39, 0.29) is 11.9 Å². The highest BCUT2D eigenvalue weighted by atomic mass is 19.1. The van der Waals surface area contributed by atoms with Crippen molar-refractivity contribution in [2.45, 2.75) is 32.7 Å². The van der Waals surface area contributed by atoms with Crippen LogP contribution in [0.1, 0.15) is 35.7 Å². The lowest BCUT2D eigenvalue weighted by atomic mass is 10.0. The first-order valence-electron chi connectivity index (χ1n) is 7.70. The fourth-order valence-corrected chi connectivity index (χ4v) is 3.35. The molecule has 4 rings (SSSR count). The van der Waals surface area contributed by atoms with E-state index in [1.165, 1.54) is 12.8 Å². The van der Waals surface area contributed by atoms with Crippen molar-refractivity contribution in [3.63, 3.8) is 0 Å². The van der Waals surface area contributed by atoms with E-state index in [4.69, 9.17) is 0 Å². The Morgan fingerprint density at radius 1 is 1.14 bits per heavy atom. The predicted octanol–water partition coefficient (Wildman–Crippen LogP) is 4.19. The van der Waals surface area contributed by atoms with Gasteiger partial charge in [0.15, 0.2) is 0 Å². The molecule has 0 spiro atoms. The van der Waals surface area contributed by atoms with Crippen LogP contribution in [-0.2, 0) is 0 Å². The number of hydrogen-bond acceptors (Lipinski definition) is 2. The average Bonchev–Trinajstić information content (AvgIpc) is 3.24. The summed E-state index contributed by atoms with van der Waals surface area (Å²) in [7, 11) is 0. The molecule has 0 saturated heterocycles. The zero-order valence-electron chi connectivity index (χ0n) is 12.8. The molecule has 0 aliphatic heterocycles. The van der Waals surface area contributed by atoms with Crippen molar-refractivity contribution in [2.75, 3.05) is 0 Å². The van der Waals surface area contributed by atoms with Crippen molar-refractivity contribution in [1.82, 2.24) is 14.8 Å². The molecule has 4 heteroatoms. The molecule has 112 valence electrons. The smallest absolute Gasteiger partial charge is 0.132 e. The Morgan fingerprint density at radius 3 is 2.68 bits per heavy atom. The summed E-state index contributed by atoms with van der Waals surface area (Å²) in [6.45, 7) is 4.10. The van der Waals surface area contributed by atoms with Crippen LogP contribution in [0.25, 0.3) is 10.9 Å². The van der Waals surface area contributed by atoms with Crippen LogP contribution in [0.5, 0.6) is 0 Å². The van der Waals surface area contributed by atoms with Crippen molar-refractivity contribution in [1.29, 1.82) is 0 Å². The topological polar surface area (TPSA) is 30.7 Å². The second-order valence-electron chi connectivity index (χ2n) is 6.23. The Hall–Kier alpha value is -2.23. The third-order valence-electron chi connectivity index (χ3n) is 4.63. The fourth-order valence-electron chi connectivity index (χ4n) is 3.35. The average molecular weight is 295 g/mol. The number of aromatic nitrogens is 3. The molecule has 3 nitrogen and oxygen atoms in total. The minimum absolute atomic E-state index is 0.145. The standard InChI is InChI=1S/C18H18FN3/c1-11-7-9-20-21-16(11)18(13-4-5-13)22-10-8-14-15(19)6-3-12(2)17(14)22/h3,6-10,13,18H,4-5H2,1-2H3. The van der Waals surface area contributed by atoms with Crippen LogP contribution in [-0.4, -0.2) is 14.8 Å². The lowest BCUT2D eigenvalue weighted by Crippen LogP contribution is -2.16. The van der Waals surface area contributed by atoms with Gasteiger partial charge in [-0.15, -0.1) is 0 Å². The summed E-state index contributed by atoms with van der Waals surface area (Å²) in [5.74, 6) is 0.401. The second-order valence-corrected chi connectivity index (χ2v) is 6.23. The number of rotatable bonds is 3. The van der Waals surface area contributed by atoms with Gasteiger partial charge in [-0.05, 0) is 61.9 Å². The van der Waals surface area contributed by atoms with Crippen molar-refractivity contribution in [3.05, 3.63) is 59.3 Å². The lowest BCUT2D eigenvalue weighted by Gasteiger charge is -2.21. The Balaban J connectivity index is 1.95. The minimum atomic E-state index is -0.162. The van der Waals surface area contributed by atoms with Crippen LogP contribution in [0.3, 0.4) is 0 Å². The molecule has 0 radical (unpaired) electrons. The third-order valence-corrected chi connectivity index (χ3v) is 4.63. The molecule has 2 heterocycles. The van der Waals surface area contributed by atoms with Gasteiger partial charge in [0, 0.05) is 17.8 Å². The van der Waals surface area contributed by atoms with Gasteiger partial charge in [0.05, 0.1) is 17.3 Å². The zero-order chi connectivity index (χ0) is 15.3. The first kappa shape index (κ1) is 13.4. The van der Waals surface area contributed by atoms with Gasteiger partial charge in [0.25, 0.3) is 0 Å². The van der Waals surface area contributed by atoms with Gasteiger partial charge in [0.2, 0.25) is 0 Å². The van der Waals surface area contributed by atoms with Gasteiger partial charge in [0.1, 0.15) is 5.82 Å². The number of hydrogen-bond donors (Lipinski definition) is 0. The van der Waals surface area contributed by atoms with Crippen LogP contribution < -0.4 is 0 Å². The molecular formula is C18H18FN3. The number of halogens is 1. The molecule has 0 bridgehead atoms. The molecular weight excluding hydrogens is 277 g/mol. The molecule has 22 heavy (non-hydrogen) atoms. The molecule has 1 aliphatic carbocycles. The van der Waals surface area contributed by atoms with E-state index < -0.39 is 0 Å². The van der Waals surface area contributed by atoms with Gasteiger partial charge >= 0.3 is 0 Å². The molecule has 1 atom stereocenters. The number of fused-ring (bicyclic) bond motifs is 1. The number of nitrogens with zero attached hydrogens (tertiary/aromatic N) is 3. The fraction of sp³-hybridized carbons (Fsp3) is 0.333. The summed E-state index contributed by atoms with van der Waals surface area (Å²) in [4.78, 5) is 0. The largest absolute Gasteiger partial charge is 0.338 e. The molecule has 1 fully saturated rings. The molecule has 1 aromatic carbocycles. The van der Waals surface area contributed by atoms with Crippen LogP contribution in [0.15, 0.2) is 36.7 Å². The molecule has 1 saturated carbocycles. The monoisotopic (exact) mass is 295 g/mol. The van der Waals surface area contributed by atoms with Gasteiger partial charge in [-0.25, -0.2) is 4.39 Å². The highest BCUT2D eigenvalue weighted by Crippen LogP contribution is 2.45. The number of benzene rings is 1. The van der Waals surface area contributed by atoms with Gasteiger partial charge in [-0.2, -0.15) is 10.2 Å². The number of aryl methyl sites for hydroxylation is 2. The predicted molar refractivity (Wildman–Crippen MR) is 84.3 cm³/mol. The van der Waals surface area contributed by atoms with E-state index >= 15 is 0 Å². The maximum atomic E-state index is 14.1. The van der Waals surface area contributed by atoms with Crippen LogP contribution in [0.4, 0.5) is 4.39 Å². The normalized spacial score (nSPS) is 16.1. The molecule has 1 unspecified atom stereocenters. The molecule has 3 aromatic rings. The molecule has 1 aliphatic rings. The molecule has 0 N–H and O–H groups in total. The minimum Gasteiger partial charge on any atom is -0.338 e. The molecule has 0 amide bonds. The van der Waals surface area contributed by atoms with Crippen molar-refractivity contribution in [2.24, 2.45) is 5.92 Å². The van der Waals surface area contributed by atoms with E-state index in [9.17, 15) is 4.39 Å². The maximum Gasteiger partial charge on any atom is 0.132 e. The Bertz CT molecular complexity index is 849. The highest BCUT2D eigenvalue weighted by molar-refractivity contribution is 5.84. The van der Waals surface area contributed by atoms with Gasteiger partial charge in [-0.1, -0.05) is 6.07 Å². The Labute approximate surface area is 128 Å². The van der Waals surface area contributed by atoms with E-state index in [1.54, 1.807) is 12.3 Å². The Kier molecular flexibility index (Phi) is 2.99. The summed E-state index contributed by atoms with van der Waals surface area (Å²) in [6.07, 6.45) is 6.10. The van der Waals surface area contributed by atoms with Crippen LogP contribution >= 0.6 is 0 Å². The van der Waals surface area contributed by atoms with E-state index in [2.05, 4.69) is 21.7 Å².